The van der Waals surface area contributed by atoms with Gasteiger partial charge in [0, 0.05) is 43.4 Å². The van der Waals surface area contributed by atoms with Gasteiger partial charge >= 0.3 is 0 Å². The highest BCUT2D eigenvalue weighted by molar-refractivity contribution is 5.77. The molecule has 1 atom stereocenters. The van der Waals surface area contributed by atoms with Gasteiger partial charge in [-0.3, -0.25) is 9.78 Å². The lowest BCUT2D eigenvalue weighted by molar-refractivity contribution is -0.130. The maximum Gasteiger partial charge on any atom is 0.222 e. The van der Waals surface area contributed by atoms with Gasteiger partial charge in [-0.25, -0.2) is 0 Å². The Morgan fingerprint density at radius 1 is 1.28 bits per heavy atom. The number of hydrogen-bond donors (Lipinski definition) is 0. The summed E-state index contributed by atoms with van der Waals surface area (Å²) in [6, 6.07) is 9.76. The number of nitrogens with zero attached hydrogens (tertiary/aromatic N) is 2. The highest BCUT2D eigenvalue weighted by Crippen LogP contribution is 2.36. The lowest BCUT2D eigenvalue weighted by Gasteiger charge is -2.18. The Morgan fingerprint density at radius 2 is 2.16 bits per heavy atom. The summed E-state index contributed by atoms with van der Waals surface area (Å²) in [4.78, 5) is 18.6. The van der Waals surface area contributed by atoms with Crippen molar-refractivity contribution in [2.24, 2.45) is 0 Å². The monoisotopic (exact) mass is 340 g/mol. The summed E-state index contributed by atoms with van der Waals surface area (Å²) in [6.07, 6.45) is 5.77. The molecule has 5 nitrogen and oxygen atoms in total. The number of pyridine rings is 1. The lowest BCUT2D eigenvalue weighted by atomic mass is 9.97. The molecule has 0 spiro atoms. The Kier molecular flexibility index (Phi) is 5.53. The lowest BCUT2D eigenvalue weighted by Crippen LogP contribution is -2.28. The average Bonchev–Trinajstić information content (AvgIpc) is 3.16. The molecule has 1 aromatic carbocycles. The largest absolute Gasteiger partial charge is 0.497 e. The molecule has 1 aromatic heterocycles. The van der Waals surface area contributed by atoms with Crippen LogP contribution in [-0.2, 0) is 11.2 Å². The van der Waals surface area contributed by atoms with E-state index in [1.54, 1.807) is 20.4 Å². The van der Waals surface area contributed by atoms with Crippen molar-refractivity contribution in [3.63, 3.8) is 0 Å². The number of hydrogen-bond acceptors (Lipinski definition) is 4. The highest BCUT2D eigenvalue weighted by atomic mass is 16.5. The zero-order valence-corrected chi connectivity index (χ0v) is 14.8. The van der Waals surface area contributed by atoms with Crippen LogP contribution in [0.15, 0.2) is 42.7 Å². The third kappa shape index (κ3) is 4.10. The van der Waals surface area contributed by atoms with Gasteiger partial charge < -0.3 is 14.4 Å². The molecule has 0 N–H and O–H groups in total. The highest BCUT2D eigenvalue weighted by Gasteiger charge is 2.29. The van der Waals surface area contributed by atoms with Crippen molar-refractivity contribution in [2.45, 2.75) is 25.2 Å². The fourth-order valence-electron chi connectivity index (χ4n) is 3.35. The number of methoxy groups -OCH3 is 2. The zero-order chi connectivity index (χ0) is 17.6. The van der Waals surface area contributed by atoms with Crippen LogP contribution in [-0.4, -0.2) is 43.1 Å². The molecular formula is C20H24N2O3. The Balaban J connectivity index is 1.62. The van der Waals surface area contributed by atoms with Gasteiger partial charge in [-0.05, 0) is 42.7 Å². The SMILES string of the molecule is COc1ccc(OC)c([C@@H]2CCN(C(=O)CCc3cccnc3)C2)c1. The van der Waals surface area contributed by atoms with E-state index in [0.717, 1.165) is 48.6 Å². The fraction of sp³-hybridized carbons (Fsp3) is 0.400. The van der Waals surface area contributed by atoms with Crippen LogP contribution in [0.2, 0.25) is 0 Å². The molecule has 2 aromatic rings. The van der Waals surface area contributed by atoms with Gasteiger partial charge in [0.05, 0.1) is 14.2 Å². The van der Waals surface area contributed by atoms with Gasteiger partial charge in [-0.2, -0.15) is 0 Å². The molecule has 132 valence electrons. The molecule has 5 heteroatoms. The first-order chi connectivity index (χ1) is 12.2. The molecule has 1 aliphatic heterocycles. The van der Waals surface area contributed by atoms with Crippen LogP contribution in [0.25, 0.3) is 0 Å². The molecule has 1 aliphatic rings. The molecule has 1 fully saturated rings. The number of likely N-dealkylation sites (tertiary alicyclic amines) is 1. The van der Waals surface area contributed by atoms with Crippen molar-refractivity contribution in [2.75, 3.05) is 27.3 Å². The van der Waals surface area contributed by atoms with Gasteiger partial charge in [-0.15, -0.1) is 0 Å². The number of ether oxygens (including phenoxy) is 2. The molecule has 25 heavy (non-hydrogen) atoms. The van der Waals surface area contributed by atoms with E-state index in [2.05, 4.69) is 4.98 Å². The van der Waals surface area contributed by atoms with Crippen LogP contribution in [0.3, 0.4) is 0 Å². The molecule has 0 aliphatic carbocycles. The summed E-state index contributed by atoms with van der Waals surface area (Å²) in [5.41, 5.74) is 2.21. The summed E-state index contributed by atoms with van der Waals surface area (Å²) in [6.45, 7) is 1.52. The van der Waals surface area contributed by atoms with Crippen LogP contribution in [0, 0.1) is 0 Å². The van der Waals surface area contributed by atoms with E-state index in [0.29, 0.717) is 6.42 Å². The molecule has 0 unspecified atom stereocenters. The minimum atomic E-state index is 0.202. The van der Waals surface area contributed by atoms with Gasteiger partial charge in [-0.1, -0.05) is 6.07 Å². The van der Waals surface area contributed by atoms with E-state index in [9.17, 15) is 4.79 Å². The standard InChI is InChI=1S/C20H24N2O3/c1-24-17-6-7-19(25-2)18(12-17)16-9-11-22(14-16)20(23)8-5-15-4-3-10-21-13-15/h3-4,6-7,10,12-13,16H,5,8-9,11,14H2,1-2H3/t16-/m1/s1. The Hall–Kier alpha value is -2.56. The summed E-state index contributed by atoms with van der Waals surface area (Å²) in [5, 5.41) is 0. The van der Waals surface area contributed by atoms with Gasteiger partial charge in [0.25, 0.3) is 0 Å². The summed E-state index contributed by atoms with van der Waals surface area (Å²) in [7, 11) is 3.34. The fourth-order valence-corrected chi connectivity index (χ4v) is 3.35. The Labute approximate surface area is 148 Å². The molecule has 0 saturated carbocycles. The smallest absolute Gasteiger partial charge is 0.222 e. The van der Waals surface area contributed by atoms with Crippen LogP contribution in [0.4, 0.5) is 0 Å². The number of carbonyl (C=O) groups is 1. The first-order valence-corrected chi connectivity index (χ1v) is 8.60. The van der Waals surface area contributed by atoms with Crippen molar-refractivity contribution in [1.29, 1.82) is 0 Å². The molecular weight excluding hydrogens is 316 g/mol. The normalized spacial score (nSPS) is 16.7. The third-order valence-electron chi connectivity index (χ3n) is 4.77. The topological polar surface area (TPSA) is 51.7 Å². The second-order valence-corrected chi connectivity index (χ2v) is 6.29. The Bertz CT molecular complexity index is 718. The van der Waals surface area contributed by atoms with Crippen LogP contribution in [0.1, 0.15) is 29.9 Å². The summed E-state index contributed by atoms with van der Waals surface area (Å²) in [5.74, 6) is 2.16. The maximum atomic E-state index is 12.5. The second-order valence-electron chi connectivity index (χ2n) is 6.29. The molecule has 1 saturated heterocycles. The predicted octanol–water partition coefficient (Wildman–Crippen LogP) is 3.05. The van der Waals surface area contributed by atoms with Gasteiger partial charge in [0.2, 0.25) is 5.91 Å². The molecule has 3 rings (SSSR count). The quantitative estimate of drug-likeness (QED) is 0.811. The van der Waals surface area contributed by atoms with Crippen molar-refractivity contribution in [3.8, 4) is 11.5 Å². The number of amides is 1. The third-order valence-corrected chi connectivity index (χ3v) is 4.77. The molecule has 0 bridgehead atoms. The first-order valence-electron chi connectivity index (χ1n) is 8.60. The number of carbonyl (C=O) groups excluding carboxylic acids is 1. The van der Waals surface area contributed by atoms with Gasteiger partial charge in [0.15, 0.2) is 0 Å². The average molecular weight is 340 g/mol. The second kappa shape index (κ2) is 8.01. The van der Waals surface area contributed by atoms with E-state index in [1.807, 2.05) is 41.4 Å². The minimum Gasteiger partial charge on any atom is -0.497 e. The number of rotatable bonds is 6. The maximum absolute atomic E-state index is 12.5. The van der Waals surface area contributed by atoms with Gasteiger partial charge in [0.1, 0.15) is 11.5 Å². The van der Waals surface area contributed by atoms with Crippen LogP contribution < -0.4 is 9.47 Å². The zero-order valence-electron chi connectivity index (χ0n) is 14.8. The van der Waals surface area contributed by atoms with E-state index < -0.39 is 0 Å². The van der Waals surface area contributed by atoms with E-state index in [4.69, 9.17) is 9.47 Å². The number of aryl methyl sites for hydroxylation is 1. The van der Waals surface area contributed by atoms with Crippen LogP contribution in [0.5, 0.6) is 11.5 Å². The molecule has 2 heterocycles. The van der Waals surface area contributed by atoms with E-state index in [-0.39, 0.29) is 11.8 Å². The molecule has 1 amide bonds. The Morgan fingerprint density at radius 3 is 2.88 bits per heavy atom. The van der Waals surface area contributed by atoms with Crippen molar-refractivity contribution >= 4 is 5.91 Å². The number of aromatic nitrogens is 1. The van der Waals surface area contributed by atoms with E-state index in [1.165, 1.54) is 0 Å². The van der Waals surface area contributed by atoms with Crippen LogP contribution >= 0.6 is 0 Å². The molecule has 0 radical (unpaired) electrons. The minimum absolute atomic E-state index is 0.202. The number of benzene rings is 1. The summed E-state index contributed by atoms with van der Waals surface area (Å²) >= 11 is 0. The first kappa shape index (κ1) is 17.3. The van der Waals surface area contributed by atoms with Crippen molar-refractivity contribution in [3.05, 3.63) is 53.9 Å². The van der Waals surface area contributed by atoms with Crippen molar-refractivity contribution < 1.29 is 14.3 Å². The predicted molar refractivity (Wildman–Crippen MR) is 96.0 cm³/mol. The van der Waals surface area contributed by atoms with Crippen molar-refractivity contribution in [1.82, 2.24) is 9.88 Å². The van der Waals surface area contributed by atoms with E-state index >= 15 is 0 Å². The summed E-state index contributed by atoms with van der Waals surface area (Å²) < 4.78 is 10.8.